The third-order valence-electron chi connectivity index (χ3n) is 17.8. The number of carbonyl (C=O) groups excluding carboxylic acids is 4. The molecule has 3 aliphatic rings. The number of nitrogens with one attached hydrogen (secondary N) is 4. The monoisotopic (exact) mass is 1500 g/mol. The van der Waals surface area contributed by atoms with Gasteiger partial charge in [0.25, 0.3) is 0 Å². The summed E-state index contributed by atoms with van der Waals surface area (Å²) >= 11 is 0. The molecule has 28 heteroatoms. The van der Waals surface area contributed by atoms with Crippen LogP contribution in [0.25, 0.3) is 0 Å². The fourth-order valence-electron chi connectivity index (χ4n) is 12.9. The number of aliphatic hydroxyl groups excluding tert-OH is 1. The highest BCUT2D eigenvalue weighted by Crippen LogP contribution is 2.49. The Morgan fingerprint density at radius 1 is 0.368 bits per heavy atom. The lowest BCUT2D eigenvalue weighted by molar-refractivity contribution is -0.286. The van der Waals surface area contributed by atoms with E-state index in [0.717, 1.165) is 27.8 Å². The molecule has 0 spiro atoms. The van der Waals surface area contributed by atoms with Gasteiger partial charge >= 0.3 is 21.3 Å². The smallest absolute Gasteiger partial charge is 0.407 e. The van der Waals surface area contributed by atoms with E-state index < -0.39 is 163 Å². The Morgan fingerprint density at radius 3 is 0.981 bits per heavy atom. The fraction of sp³-hybridized carbons (Fsp3) is 0.410. The highest BCUT2D eigenvalue weighted by molar-refractivity contribution is 7.53. The van der Waals surface area contributed by atoms with Crippen molar-refractivity contribution in [3.63, 3.8) is 0 Å². The Kier molecular flexibility index (Phi) is 31.1. The van der Waals surface area contributed by atoms with Gasteiger partial charge in [-0.1, -0.05) is 212 Å². The van der Waals surface area contributed by atoms with E-state index in [4.69, 9.17) is 61.2 Å². The molecule has 0 aliphatic carbocycles. The Bertz CT molecular complexity index is 3890. The number of ether oxygens (including phenoxy) is 11. The van der Waals surface area contributed by atoms with E-state index in [1.54, 1.807) is 0 Å². The fourth-order valence-corrected chi connectivity index (χ4v) is 15.4. The molecule has 7 N–H and O–H groups in total. The van der Waals surface area contributed by atoms with Crippen LogP contribution in [-0.2, 0) is 131 Å². The van der Waals surface area contributed by atoms with Crippen LogP contribution in [0.2, 0.25) is 0 Å². The number of carbonyl (C=O) groups is 4. The lowest BCUT2D eigenvalue weighted by atomic mass is 9.92. The highest BCUT2D eigenvalue weighted by atomic mass is 31.2. The minimum atomic E-state index is -5.05. The molecule has 0 bridgehead atoms. The molecular weight excluding hydrogens is 1410 g/mol. The highest BCUT2D eigenvalue weighted by Gasteiger charge is 2.54. The van der Waals surface area contributed by atoms with Gasteiger partial charge in [-0.3, -0.25) is 23.5 Å². The quantitative estimate of drug-likeness (QED) is 0.0141. The summed E-state index contributed by atoms with van der Waals surface area (Å²) in [5, 5.41) is 22.4. The van der Waals surface area contributed by atoms with Crippen molar-refractivity contribution in [1.29, 1.82) is 0 Å². The number of rotatable bonds is 38. The lowest BCUT2D eigenvalue weighted by Crippen LogP contribution is -2.66. The van der Waals surface area contributed by atoms with Crippen molar-refractivity contribution in [1.82, 2.24) is 21.3 Å². The second-order valence-electron chi connectivity index (χ2n) is 26.0. The molecule has 3 aliphatic heterocycles. The minimum Gasteiger partial charge on any atom is -0.445 e. The summed E-state index contributed by atoms with van der Waals surface area (Å²) in [6.07, 6.45) is -17.5. The van der Waals surface area contributed by atoms with E-state index in [2.05, 4.69) is 21.3 Å². The maximum absolute atomic E-state index is 15.3. The third-order valence-corrected chi connectivity index (χ3v) is 20.6. The first-order chi connectivity index (χ1) is 51.4. The molecule has 3 fully saturated rings. The predicted molar refractivity (Wildman–Crippen MR) is 388 cm³/mol. The van der Waals surface area contributed by atoms with Crippen LogP contribution in [0, 0.1) is 0 Å². The first-order valence-corrected chi connectivity index (χ1v) is 38.7. The molecule has 106 heavy (non-hydrogen) atoms. The molecule has 568 valence electrons. The van der Waals surface area contributed by atoms with Crippen LogP contribution in [-0.4, -0.2) is 176 Å². The molecular formula is C78H94N4O22P2. The summed E-state index contributed by atoms with van der Waals surface area (Å²) in [6, 6.07) is 60.6. The largest absolute Gasteiger partial charge is 0.445 e. The summed E-state index contributed by atoms with van der Waals surface area (Å²) in [5.74, 6) is -1.60. The van der Waals surface area contributed by atoms with Crippen molar-refractivity contribution in [3.05, 3.63) is 251 Å². The first kappa shape index (κ1) is 80.6. The molecule has 2 unspecified atom stereocenters. The van der Waals surface area contributed by atoms with Gasteiger partial charge < -0.3 is 97.3 Å². The van der Waals surface area contributed by atoms with Crippen LogP contribution in [0.15, 0.2) is 212 Å². The topological polar surface area (TPSA) is 331 Å². The summed E-state index contributed by atoms with van der Waals surface area (Å²) < 4.78 is 114. The molecule has 0 aromatic heterocycles. The van der Waals surface area contributed by atoms with E-state index >= 15 is 9.13 Å². The average Bonchev–Trinajstić information content (AvgIpc) is 0.790. The third kappa shape index (κ3) is 25.1. The van der Waals surface area contributed by atoms with Crippen LogP contribution in [0.3, 0.4) is 0 Å². The molecule has 17 atom stereocenters. The van der Waals surface area contributed by atoms with E-state index in [1.807, 2.05) is 212 Å². The average molecular weight is 1500 g/mol. The van der Waals surface area contributed by atoms with Crippen molar-refractivity contribution in [2.75, 3.05) is 45.3 Å². The van der Waals surface area contributed by atoms with Gasteiger partial charge in [0, 0.05) is 27.3 Å². The molecule has 3 saturated heterocycles. The van der Waals surface area contributed by atoms with Gasteiger partial charge in [0.1, 0.15) is 67.6 Å². The summed E-state index contributed by atoms with van der Waals surface area (Å²) in [5.41, 5.74) is 5.23. The van der Waals surface area contributed by atoms with E-state index in [9.17, 15) is 34.1 Å². The maximum Gasteiger partial charge on any atom is 0.407 e. The van der Waals surface area contributed by atoms with Gasteiger partial charge in [-0.05, 0) is 38.9 Å². The lowest BCUT2D eigenvalue weighted by Gasteiger charge is -2.47. The zero-order chi connectivity index (χ0) is 74.7. The molecule has 26 nitrogen and oxygen atoms in total. The zero-order valence-corrected chi connectivity index (χ0v) is 61.0. The Labute approximate surface area is 617 Å². The minimum absolute atomic E-state index is 0.00367. The number of alkyl carbamates (subject to hydrolysis) is 1. The second kappa shape index (κ2) is 40.9. The van der Waals surface area contributed by atoms with Crippen molar-refractivity contribution >= 4 is 39.0 Å². The molecule has 7 aromatic carbocycles. The maximum atomic E-state index is 15.3. The molecule has 0 radical (unpaired) electrons. The molecule has 4 amide bonds. The van der Waals surface area contributed by atoms with Gasteiger partial charge in [0.15, 0.2) is 6.29 Å². The number of hydrogen-bond donors (Lipinski definition) is 7. The Hall–Kier alpha value is -7.92. The number of hydrogen-bond acceptors (Lipinski definition) is 20. The van der Waals surface area contributed by atoms with Gasteiger partial charge in [-0.15, -0.1) is 0 Å². The predicted octanol–water partition coefficient (Wildman–Crippen LogP) is 8.61. The number of amides is 4. The van der Waals surface area contributed by atoms with Crippen LogP contribution < -0.4 is 21.3 Å². The summed E-state index contributed by atoms with van der Waals surface area (Å²) in [6.45, 7) is 1.37. The van der Waals surface area contributed by atoms with Crippen LogP contribution in [0.1, 0.15) is 59.7 Å². The van der Waals surface area contributed by atoms with E-state index in [1.165, 1.54) is 20.8 Å². The van der Waals surface area contributed by atoms with Gasteiger partial charge in [-0.25, -0.2) is 4.79 Å². The van der Waals surface area contributed by atoms with Gasteiger partial charge in [-0.2, -0.15) is 0 Å². The van der Waals surface area contributed by atoms with E-state index in [-0.39, 0.29) is 59.4 Å². The van der Waals surface area contributed by atoms with Crippen LogP contribution in [0.5, 0.6) is 0 Å². The van der Waals surface area contributed by atoms with Crippen LogP contribution >= 0.6 is 15.2 Å². The normalized spacial score (nSPS) is 25.5. The number of benzene rings is 7. The zero-order valence-electron chi connectivity index (χ0n) is 59.3. The van der Waals surface area contributed by atoms with Crippen molar-refractivity contribution in [2.45, 2.75) is 159 Å². The van der Waals surface area contributed by atoms with E-state index in [0.29, 0.717) is 11.1 Å². The molecule has 10 rings (SSSR count). The Morgan fingerprint density at radius 2 is 0.651 bits per heavy atom. The molecule has 3 heterocycles. The van der Waals surface area contributed by atoms with Crippen LogP contribution in [0.4, 0.5) is 4.79 Å². The van der Waals surface area contributed by atoms with Gasteiger partial charge in [0.05, 0.1) is 103 Å². The second-order valence-corrected chi connectivity index (χ2v) is 29.8. The summed E-state index contributed by atoms with van der Waals surface area (Å²) in [4.78, 5) is 77.6. The SMILES string of the molecule is CC(=O)N[C@@H]1[C@@H](OCCNC(=O)OCc2ccccc2)O[C@H](COP(=O)(O)C[C@H]2O[C@H](COP(=O)(O)C[C@H]3O[C@H](CO)[C@@H](OCc4ccccc4)[C@H](OCc4ccccc4)[C@@H]3NC(C)=O)[C@@H](OCc3ccccc3)[C@H](OCc3ccccc3)[C@@H]2NC(C)=O)[C@@H](OCc2ccccc2)[C@@H]1OCc1ccccc1. The van der Waals surface area contributed by atoms with Crippen molar-refractivity contribution in [2.24, 2.45) is 0 Å². The van der Waals surface area contributed by atoms with Gasteiger partial charge in [0.2, 0.25) is 17.7 Å². The van der Waals surface area contributed by atoms with Crippen molar-refractivity contribution in [3.8, 4) is 0 Å². The Balaban J connectivity index is 0.943. The number of aliphatic hydroxyl groups is 1. The molecule has 0 saturated carbocycles. The first-order valence-electron chi connectivity index (χ1n) is 35.2. The standard InChI is InChI=1S/C78H94N4O22P2/c1-53(84)80-68-66(102-63(41-83)71(93-42-56-25-11-4-12-26-56)74(68)96-45-59-31-17-7-18-32-59)51-105(88,89)100-49-64-72(94-43-57-27-13-5-14-28-57)75(97-46-60-33-19-8-20-34-60)69(81-54(2)85)67(103-64)52-106(90,91)101-50-65-73(95-44-58-29-15-6-16-30-58)76(98-47-61-35-21-9-22-36-61)70(82-55(3)86)77(104-65)92-40-39-79-78(87)99-48-62-37-23-10-24-38-62/h4-38,63-77,83H,39-52H2,1-3H3,(H,79,87)(H,80,84)(H,81,85)(H,82,86)(H,88,89)(H,90,91)/t63-,64-,65-,66-,67-,68-,69-,70+,71-,72-,73-,74-,75-,76-,77+/m1/s1. The molecule has 7 aromatic rings. The van der Waals surface area contributed by atoms with Crippen molar-refractivity contribution < 1.29 is 104 Å². The summed E-state index contributed by atoms with van der Waals surface area (Å²) in [7, 11) is -10.0.